The summed E-state index contributed by atoms with van der Waals surface area (Å²) >= 11 is 0. The van der Waals surface area contributed by atoms with E-state index in [4.69, 9.17) is 4.74 Å². The summed E-state index contributed by atoms with van der Waals surface area (Å²) in [6.45, 7) is 8.45. The average molecular weight is 272 g/mol. The summed E-state index contributed by atoms with van der Waals surface area (Å²) in [5.41, 5.74) is -1.99. The van der Waals surface area contributed by atoms with Crippen LogP contribution in [-0.2, 0) is 14.9 Å². The van der Waals surface area contributed by atoms with Crippen LogP contribution in [0.2, 0.25) is 0 Å². The number of aromatic nitrogens is 2. The van der Waals surface area contributed by atoms with Crippen molar-refractivity contribution < 1.29 is 18.3 Å². The summed E-state index contributed by atoms with van der Waals surface area (Å²) in [6, 6.07) is 0. The Kier molecular flexibility index (Phi) is 4.22. The van der Waals surface area contributed by atoms with E-state index in [-0.39, 0.29) is 11.4 Å². The number of carbonyl (C=O) groups is 1. The molecule has 0 aromatic carbocycles. The SMILES string of the molecule is CC(C)(C)OC(=O)C(C)(C)c1ncc(C(F)F)cn1. The molecule has 0 radical (unpaired) electrons. The van der Waals surface area contributed by atoms with Gasteiger partial charge >= 0.3 is 5.97 Å². The Hall–Kier alpha value is -1.59. The fourth-order valence-corrected chi connectivity index (χ4v) is 1.27. The predicted molar refractivity (Wildman–Crippen MR) is 65.9 cm³/mol. The molecule has 0 fully saturated rings. The zero-order valence-electron chi connectivity index (χ0n) is 11.7. The number of ether oxygens (including phenoxy) is 1. The van der Waals surface area contributed by atoms with E-state index in [0.29, 0.717) is 0 Å². The summed E-state index contributed by atoms with van der Waals surface area (Å²) in [6.07, 6.45) is -0.572. The van der Waals surface area contributed by atoms with Crippen LogP contribution in [-0.4, -0.2) is 21.5 Å². The van der Waals surface area contributed by atoms with Crippen LogP contribution in [0.4, 0.5) is 8.78 Å². The van der Waals surface area contributed by atoms with Crippen molar-refractivity contribution in [3.63, 3.8) is 0 Å². The van der Waals surface area contributed by atoms with E-state index in [1.54, 1.807) is 34.6 Å². The summed E-state index contributed by atoms with van der Waals surface area (Å²) in [5.74, 6) is -0.337. The average Bonchev–Trinajstić information content (AvgIpc) is 2.26. The van der Waals surface area contributed by atoms with Crippen LogP contribution >= 0.6 is 0 Å². The molecule has 19 heavy (non-hydrogen) atoms. The molecule has 0 aliphatic carbocycles. The van der Waals surface area contributed by atoms with Crippen LogP contribution in [0.15, 0.2) is 12.4 Å². The van der Waals surface area contributed by atoms with Gasteiger partial charge in [-0.25, -0.2) is 18.7 Å². The molecule has 0 amide bonds. The second-order valence-corrected chi connectivity index (χ2v) is 5.77. The molecule has 0 saturated heterocycles. The summed E-state index contributed by atoms with van der Waals surface area (Å²) in [7, 11) is 0. The highest BCUT2D eigenvalue weighted by Gasteiger charge is 2.37. The smallest absolute Gasteiger partial charge is 0.319 e. The number of halogens is 2. The zero-order chi connectivity index (χ0) is 14.8. The molecule has 1 aromatic rings. The highest BCUT2D eigenvalue weighted by molar-refractivity contribution is 5.81. The van der Waals surface area contributed by atoms with Crippen molar-refractivity contribution in [2.45, 2.75) is 52.1 Å². The monoisotopic (exact) mass is 272 g/mol. The third-order valence-electron chi connectivity index (χ3n) is 2.39. The molecule has 0 aliphatic heterocycles. The zero-order valence-corrected chi connectivity index (χ0v) is 11.7. The topological polar surface area (TPSA) is 52.1 Å². The van der Waals surface area contributed by atoms with Crippen molar-refractivity contribution in [3.05, 3.63) is 23.8 Å². The minimum atomic E-state index is -2.63. The normalized spacial score (nSPS) is 12.6. The fourth-order valence-electron chi connectivity index (χ4n) is 1.27. The Bertz CT molecular complexity index is 451. The number of carbonyl (C=O) groups excluding carboxylic acids is 1. The van der Waals surface area contributed by atoms with Crippen LogP contribution in [0.25, 0.3) is 0 Å². The molecule has 0 unspecified atom stereocenters. The summed E-state index contributed by atoms with van der Waals surface area (Å²) < 4.78 is 30.1. The predicted octanol–water partition coefficient (Wildman–Crippen LogP) is 3.03. The molecule has 1 heterocycles. The van der Waals surface area contributed by atoms with E-state index < -0.39 is 23.4 Å². The van der Waals surface area contributed by atoms with Gasteiger partial charge in [0.15, 0.2) is 0 Å². The van der Waals surface area contributed by atoms with Gasteiger partial charge in [-0.3, -0.25) is 4.79 Å². The lowest BCUT2D eigenvalue weighted by molar-refractivity contribution is -0.161. The van der Waals surface area contributed by atoms with E-state index in [2.05, 4.69) is 9.97 Å². The quantitative estimate of drug-likeness (QED) is 0.794. The van der Waals surface area contributed by atoms with Gasteiger partial charge < -0.3 is 4.74 Å². The maximum atomic E-state index is 12.4. The molecule has 6 heteroatoms. The molecule has 1 aromatic heterocycles. The lowest BCUT2D eigenvalue weighted by Gasteiger charge is -2.27. The van der Waals surface area contributed by atoms with Gasteiger partial charge in [0.2, 0.25) is 0 Å². The Balaban J connectivity index is 2.96. The summed E-state index contributed by atoms with van der Waals surface area (Å²) in [4.78, 5) is 19.7. The van der Waals surface area contributed by atoms with Gasteiger partial charge in [0.1, 0.15) is 16.8 Å². The largest absolute Gasteiger partial charge is 0.459 e. The number of hydrogen-bond donors (Lipinski definition) is 0. The first-order chi connectivity index (χ1) is 8.54. The molecule has 4 nitrogen and oxygen atoms in total. The van der Waals surface area contributed by atoms with Crippen molar-refractivity contribution in [1.29, 1.82) is 0 Å². The number of nitrogens with zero attached hydrogens (tertiary/aromatic N) is 2. The van der Waals surface area contributed by atoms with Crippen molar-refractivity contribution >= 4 is 5.97 Å². The van der Waals surface area contributed by atoms with E-state index in [1.807, 2.05) is 0 Å². The van der Waals surface area contributed by atoms with Crippen LogP contribution < -0.4 is 0 Å². The second kappa shape index (κ2) is 5.19. The minimum Gasteiger partial charge on any atom is -0.459 e. The van der Waals surface area contributed by atoms with Crippen molar-refractivity contribution in [2.75, 3.05) is 0 Å². The van der Waals surface area contributed by atoms with Gasteiger partial charge in [0, 0.05) is 12.4 Å². The highest BCUT2D eigenvalue weighted by atomic mass is 19.3. The molecule has 0 bridgehead atoms. The third-order valence-corrected chi connectivity index (χ3v) is 2.39. The molecule has 0 N–H and O–H groups in total. The van der Waals surface area contributed by atoms with Crippen LogP contribution in [0.3, 0.4) is 0 Å². The number of rotatable bonds is 3. The first kappa shape index (κ1) is 15.5. The van der Waals surface area contributed by atoms with Gasteiger partial charge in [0.05, 0.1) is 5.56 Å². The standard InChI is InChI=1S/C13H18F2N2O2/c1-12(2,3)19-11(18)13(4,5)10-16-6-8(7-17-10)9(14)15/h6-7,9H,1-5H3. The van der Waals surface area contributed by atoms with E-state index in [0.717, 1.165) is 12.4 Å². The molecule has 1 rings (SSSR count). The Labute approximate surface area is 111 Å². The molecule has 0 aliphatic rings. The second-order valence-electron chi connectivity index (χ2n) is 5.77. The van der Waals surface area contributed by atoms with E-state index in [1.165, 1.54) is 0 Å². The van der Waals surface area contributed by atoms with Gasteiger partial charge in [-0.15, -0.1) is 0 Å². The van der Waals surface area contributed by atoms with E-state index >= 15 is 0 Å². The molecule has 0 spiro atoms. The maximum absolute atomic E-state index is 12.4. The van der Waals surface area contributed by atoms with Crippen LogP contribution in [0, 0.1) is 0 Å². The molecular weight excluding hydrogens is 254 g/mol. The van der Waals surface area contributed by atoms with Crippen molar-refractivity contribution in [3.8, 4) is 0 Å². The first-order valence-corrected chi connectivity index (χ1v) is 5.88. The van der Waals surface area contributed by atoms with Gasteiger partial charge in [0.25, 0.3) is 6.43 Å². The minimum absolute atomic E-state index is 0.158. The molecule has 0 saturated carbocycles. The third kappa shape index (κ3) is 3.94. The Morgan fingerprint density at radius 2 is 1.63 bits per heavy atom. The molecular formula is C13H18F2N2O2. The highest BCUT2D eigenvalue weighted by Crippen LogP contribution is 2.25. The fraction of sp³-hybridized carbons (Fsp3) is 0.615. The Morgan fingerprint density at radius 1 is 1.16 bits per heavy atom. The number of alkyl halides is 2. The van der Waals surface area contributed by atoms with Crippen molar-refractivity contribution in [2.24, 2.45) is 0 Å². The maximum Gasteiger partial charge on any atom is 0.319 e. The summed E-state index contributed by atoms with van der Waals surface area (Å²) in [5, 5.41) is 0. The first-order valence-electron chi connectivity index (χ1n) is 5.88. The van der Waals surface area contributed by atoms with Crippen LogP contribution in [0.5, 0.6) is 0 Å². The van der Waals surface area contributed by atoms with Crippen molar-refractivity contribution in [1.82, 2.24) is 9.97 Å². The Morgan fingerprint density at radius 3 is 2.00 bits per heavy atom. The van der Waals surface area contributed by atoms with Crippen LogP contribution in [0.1, 0.15) is 52.4 Å². The number of hydrogen-bond acceptors (Lipinski definition) is 4. The van der Waals surface area contributed by atoms with Gasteiger partial charge in [-0.05, 0) is 34.6 Å². The van der Waals surface area contributed by atoms with E-state index in [9.17, 15) is 13.6 Å². The molecule has 0 atom stereocenters. The van der Waals surface area contributed by atoms with Gasteiger partial charge in [-0.2, -0.15) is 0 Å². The number of esters is 1. The molecule has 106 valence electrons. The lowest BCUT2D eigenvalue weighted by Crippen LogP contribution is -2.38. The van der Waals surface area contributed by atoms with Gasteiger partial charge in [-0.1, -0.05) is 0 Å². The lowest BCUT2D eigenvalue weighted by atomic mass is 9.92.